The molecule has 0 atom stereocenters. The van der Waals surface area contributed by atoms with Crippen LogP contribution in [0, 0.1) is 13.8 Å². The van der Waals surface area contributed by atoms with Crippen molar-refractivity contribution in [3.05, 3.63) is 155 Å². The fourth-order valence-electron chi connectivity index (χ4n) is 5.10. The predicted molar refractivity (Wildman–Crippen MR) is 194 cm³/mol. The molecule has 0 aliphatic rings. The Morgan fingerprint density at radius 1 is 0.568 bits per heavy atom. The van der Waals surface area contributed by atoms with Gasteiger partial charge >= 0.3 is 124 Å². The summed E-state index contributed by atoms with van der Waals surface area (Å²) in [5.74, 6) is 0. The van der Waals surface area contributed by atoms with Gasteiger partial charge in [-0.2, -0.15) is 18.2 Å². The second-order valence-electron chi connectivity index (χ2n) is 13.6. The Labute approximate surface area is 279 Å². The normalized spacial score (nSPS) is 11.4. The Hall–Kier alpha value is -2.57. The van der Waals surface area contributed by atoms with Crippen LogP contribution >= 0.6 is 17.0 Å². The fraction of sp³-hybridized carbons (Fsp3) is 0.244. The van der Waals surface area contributed by atoms with Crippen LogP contribution in [0.15, 0.2) is 121 Å². The van der Waals surface area contributed by atoms with E-state index in [0.717, 1.165) is 14.3 Å². The summed E-state index contributed by atoms with van der Waals surface area (Å²) in [6.07, 6.45) is 0. The van der Waals surface area contributed by atoms with Gasteiger partial charge in [0.25, 0.3) is 0 Å². The van der Waals surface area contributed by atoms with E-state index < -0.39 is 18.9 Å². The SMILES string of the molecule is CC(C)(C)c1ccc2c(c1)[cH-]c1cc(C(C)(C)C)ccc12.Cc1ccc([C](c2ccc(C)cc2)=[Zr]([Cl])[Cl])cc1.c1cc[cH-]c1. The van der Waals surface area contributed by atoms with Crippen molar-refractivity contribution >= 4 is 41.8 Å². The summed E-state index contributed by atoms with van der Waals surface area (Å²) < 4.78 is 1.15. The Morgan fingerprint density at radius 2 is 0.955 bits per heavy atom. The monoisotopic (exact) mass is 696 g/mol. The third-order valence-electron chi connectivity index (χ3n) is 7.86. The van der Waals surface area contributed by atoms with E-state index in [1.54, 1.807) is 0 Å². The molecule has 0 fully saturated rings. The van der Waals surface area contributed by atoms with Gasteiger partial charge in [0.15, 0.2) is 0 Å². The van der Waals surface area contributed by atoms with E-state index in [2.05, 4.69) is 146 Å². The zero-order valence-corrected chi connectivity index (χ0v) is 31.3. The van der Waals surface area contributed by atoms with E-state index >= 15 is 0 Å². The maximum atomic E-state index is 6.32. The first-order valence-electron chi connectivity index (χ1n) is 15.2. The van der Waals surface area contributed by atoms with Crippen LogP contribution in [0.3, 0.4) is 0 Å². The van der Waals surface area contributed by atoms with Gasteiger partial charge in [0.05, 0.1) is 0 Å². The van der Waals surface area contributed by atoms with Gasteiger partial charge < -0.3 is 0 Å². The third-order valence-corrected chi connectivity index (χ3v) is 12.4. The Bertz CT molecular complexity index is 1680. The molecule has 0 N–H and O–H groups in total. The smallest absolute Gasteiger partial charge is 0.172 e. The number of rotatable bonds is 2. The maximum Gasteiger partial charge on any atom is -0.172 e. The number of hydrogen-bond donors (Lipinski definition) is 0. The summed E-state index contributed by atoms with van der Waals surface area (Å²) >= 11 is -2.48. The largest absolute Gasteiger partial charge is 0.214 e. The molecular weight excluding hydrogens is 655 g/mol. The van der Waals surface area contributed by atoms with Crippen LogP contribution in [0.1, 0.15) is 74.9 Å². The van der Waals surface area contributed by atoms with E-state index in [1.165, 1.54) is 43.8 Å². The first kappa shape index (κ1) is 34.3. The molecule has 0 heterocycles. The number of halogens is 2. The molecule has 6 rings (SSSR count). The molecule has 6 aromatic carbocycles. The predicted octanol–water partition coefficient (Wildman–Crippen LogP) is 12.5. The van der Waals surface area contributed by atoms with Crippen molar-refractivity contribution in [1.82, 2.24) is 0 Å². The first-order chi connectivity index (χ1) is 20.7. The van der Waals surface area contributed by atoms with E-state index in [9.17, 15) is 0 Å². The summed E-state index contributed by atoms with van der Waals surface area (Å²) in [6, 6.07) is 43.0. The minimum absolute atomic E-state index is 0.203. The van der Waals surface area contributed by atoms with Crippen molar-refractivity contribution in [2.45, 2.75) is 66.2 Å². The van der Waals surface area contributed by atoms with Gasteiger partial charge in [0.1, 0.15) is 0 Å². The van der Waals surface area contributed by atoms with Crippen molar-refractivity contribution < 1.29 is 18.9 Å². The van der Waals surface area contributed by atoms with Gasteiger partial charge in [-0.25, -0.2) is 12.1 Å². The van der Waals surface area contributed by atoms with Gasteiger partial charge in [-0.1, -0.05) is 76.9 Å². The zero-order valence-electron chi connectivity index (χ0n) is 27.3. The molecule has 0 bridgehead atoms. The minimum Gasteiger partial charge on any atom is -0.214 e. The van der Waals surface area contributed by atoms with Crippen LogP contribution in [0.4, 0.5) is 0 Å². The number of hydrogen-bond acceptors (Lipinski definition) is 0. The number of aryl methyl sites for hydroxylation is 2. The summed E-state index contributed by atoms with van der Waals surface area (Å²) in [5, 5.41) is 5.48. The molecule has 6 aromatic rings. The molecule has 3 heteroatoms. The minimum atomic E-state index is -2.48. The fourth-order valence-corrected chi connectivity index (χ4v) is 9.58. The standard InChI is InChI=1S/C21H25.C15H14.C5H5.2ClH.Zr/c1-20(2,3)16-7-9-18-14(12-16)11-15-13-17(21(4,5)6)8-10-19(15)18;1-12-3-7-14(8-4-12)11-15-9-5-13(2)6-10-15;1-2-4-5-3-1;;;/h7-13H,1-6H3;3-10H,1-2H3;1-5H;2*1H;/q-1;;-1;;;+2/p-2. The van der Waals surface area contributed by atoms with Crippen LogP contribution in [0.5, 0.6) is 0 Å². The van der Waals surface area contributed by atoms with Gasteiger partial charge in [-0.15, -0.1) is 39.7 Å². The molecule has 0 amide bonds. The molecule has 0 radical (unpaired) electrons. The zero-order chi connectivity index (χ0) is 32.1. The number of fused-ring (bicyclic) bond motifs is 3. The van der Waals surface area contributed by atoms with Crippen molar-refractivity contribution in [3.8, 4) is 0 Å². The Balaban J connectivity index is 0.000000175. The van der Waals surface area contributed by atoms with Gasteiger partial charge in [-0.05, 0) is 10.8 Å². The molecule has 228 valence electrons. The van der Waals surface area contributed by atoms with Gasteiger partial charge in [-0.3, -0.25) is 0 Å². The second-order valence-corrected chi connectivity index (χ2v) is 21.7. The quantitative estimate of drug-likeness (QED) is 0.158. The Kier molecular flexibility index (Phi) is 11.5. The summed E-state index contributed by atoms with van der Waals surface area (Å²) in [6.45, 7) is 17.8. The van der Waals surface area contributed by atoms with E-state index in [-0.39, 0.29) is 10.8 Å². The van der Waals surface area contributed by atoms with Crippen molar-refractivity contribution in [1.29, 1.82) is 0 Å². The van der Waals surface area contributed by atoms with Crippen LogP contribution in [0.25, 0.3) is 21.5 Å². The van der Waals surface area contributed by atoms with Crippen LogP contribution in [0.2, 0.25) is 0 Å². The molecule has 0 aromatic heterocycles. The van der Waals surface area contributed by atoms with Gasteiger partial charge in [0.2, 0.25) is 0 Å². The van der Waals surface area contributed by atoms with Crippen molar-refractivity contribution in [2.24, 2.45) is 0 Å². The summed E-state index contributed by atoms with van der Waals surface area (Å²) in [4.78, 5) is 0. The molecule has 0 unspecified atom stereocenters. The average Bonchev–Trinajstić information content (AvgIpc) is 3.66. The van der Waals surface area contributed by atoms with E-state index in [0.29, 0.717) is 0 Å². The molecule has 0 saturated heterocycles. The van der Waals surface area contributed by atoms with E-state index in [1.807, 2.05) is 30.3 Å². The second kappa shape index (κ2) is 14.7. The molecule has 0 nitrogen and oxygen atoms in total. The van der Waals surface area contributed by atoms with Crippen LogP contribution < -0.4 is 0 Å². The first-order valence-corrected chi connectivity index (χ1v) is 22.8. The van der Waals surface area contributed by atoms with Crippen LogP contribution in [-0.4, -0.2) is 3.21 Å². The average molecular weight is 699 g/mol. The van der Waals surface area contributed by atoms with E-state index in [4.69, 9.17) is 17.0 Å². The topological polar surface area (TPSA) is 0 Å². The molecular formula is C41H44Cl2Zr-2. The van der Waals surface area contributed by atoms with Crippen molar-refractivity contribution in [2.75, 3.05) is 0 Å². The number of benzene rings is 4. The summed E-state index contributed by atoms with van der Waals surface area (Å²) in [5.41, 5.74) is 8.02. The molecule has 0 aliphatic heterocycles. The molecule has 0 aliphatic carbocycles. The molecule has 0 saturated carbocycles. The third kappa shape index (κ3) is 9.00. The summed E-state index contributed by atoms with van der Waals surface area (Å²) in [7, 11) is 12.6. The molecule has 0 spiro atoms. The van der Waals surface area contributed by atoms with Gasteiger partial charge in [0, 0.05) is 0 Å². The van der Waals surface area contributed by atoms with Crippen molar-refractivity contribution in [3.63, 3.8) is 0 Å². The Morgan fingerprint density at radius 3 is 1.25 bits per heavy atom. The molecule has 44 heavy (non-hydrogen) atoms. The van der Waals surface area contributed by atoms with Crippen LogP contribution in [-0.2, 0) is 29.7 Å². The maximum absolute atomic E-state index is 6.32.